The summed E-state index contributed by atoms with van der Waals surface area (Å²) in [5.74, 6) is -0.0544. The molecule has 1 aromatic carbocycles. The van der Waals surface area contributed by atoms with Crippen molar-refractivity contribution in [3.63, 3.8) is 0 Å². The number of hydrogen-bond acceptors (Lipinski definition) is 4. The number of hydrogen-bond donors (Lipinski definition) is 3. The molecule has 26 heavy (non-hydrogen) atoms. The molecule has 0 aliphatic carbocycles. The predicted molar refractivity (Wildman–Crippen MR) is 112 cm³/mol. The van der Waals surface area contributed by atoms with Crippen LogP contribution in [-0.4, -0.2) is 58.4 Å². The van der Waals surface area contributed by atoms with Crippen molar-refractivity contribution in [3.05, 3.63) is 30.1 Å². The van der Waals surface area contributed by atoms with Gasteiger partial charge in [-0.05, 0) is 37.6 Å². The number of methoxy groups -OCH3 is 1. The van der Waals surface area contributed by atoms with E-state index in [1.165, 1.54) is 24.3 Å². The van der Waals surface area contributed by atoms with Crippen molar-refractivity contribution in [1.29, 1.82) is 0 Å². The molecule has 0 aliphatic rings. The van der Waals surface area contributed by atoms with E-state index in [0.29, 0.717) is 44.6 Å². The number of carbonyl (C=O) groups is 1. The minimum Gasteiger partial charge on any atom is -0.382 e. The highest BCUT2D eigenvalue weighted by molar-refractivity contribution is 14.0. The number of anilines is 1. The third-order valence-corrected chi connectivity index (χ3v) is 3.04. The first-order valence-electron chi connectivity index (χ1n) is 8.30. The molecule has 0 saturated carbocycles. The number of rotatable bonds is 11. The first-order chi connectivity index (χ1) is 12.2. The van der Waals surface area contributed by atoms with E-state index < -0.39 is 0 Å². The Morgan fingerprint density at radius 1 is 1.15 bits per heavy atom. The first kappa shape index (κ1) is 24.5. The van der Waals surface area contributed by atoms with Crippen LogP contribution in [0.4, 0.5) is 10.1 Å². The number of nitrogens with zero attached hydrogens (tertiary/aromatic N) is 1. The van der Waals surface area contributed by atoms with Crippen LogP contribution in [0.25, 0.3) is 0 Å². The molecule has 0 atom stereocenters. The minimum absolute atomic E-state index is 0. The van der Waals surface area contributed by atoms with E-state index in [-0.39, 0.29) is 42.2 Å². The summed E-state index contributed by atoms with van der Waals surface area (Å²) in [6.07, 6.45) is 0.815. The molecule has 0 bridgehead atoms. The number of carbonyl (C=O) groups excluding carboxylic acids is 1. The second-order valence-corrected chi connectivity index (χ2v) is 5.14. The van der Waals surface area contributed by atoms with Crippen LogP contribution in [-0.2, 0) is 14.3 Å². The normalized spacial score (nSPS) is 10.8. The smallest absolute Gasteiger partial charge is 0.246 e. The van der Waals surface area contributed by atoms with Crippen LogP contribution in [0.3, 0.4) is 0 Å². The lowest BCUT2D eigenvalue weighted by Gasteiger charge is -2.11. The molecular weight excluding hydrogens is 454 g/mol. The van der Waals surface area contributed by atoms with Gasteiger partial charge >= 0.3 is 0 Å². The number of halogens is 2. The van der Waals surface area contributed by atoms with Crippen LogP contribution in [0.15, 0.2) is 29.3 Å². The molecule has 0 unspecified atom stereocenters. The minimum atomic E-state index is -0.346. The topological polar surface area (TPSA) is 84.0 Å². The Morgan fingerprint density at radius 3 is 2.54 bits per heavy atom. The van der Waals surface area contributed by atoms with Gasteiger partial charge in [0.2, 0.25) is 5.91 Å². The van der Waals surface area contributed by atoms with Crippen LogP contribution < -0.4 is 16.0 Å². The Hall–Kier alpha value is -1.46. The van der Waals surface area contributed by atoms with Crippen molar-refractivity contribution in [2.75, 3.05) is 51.9 Å². The Balaban J connectivity index is 0.00000625. The zero-order valence-corrected chi connectivity index (χ0v) is 17.5. The zero-order valence-electron chi connectivity index (χ0n) is 15.2. The summed E-state index contributed by atoms with van der Waals surface area (Å²) in [6, 6.07) is 5.59. The van der Waals surface area contributed by atoms with Gasteiger partial charge in [0.15, 0.2) is 5.96 Å². The Morgan fingerprint density at radius 2 is 1.88 bits per heavy atom. The summed E-state index contributed by atoms with van der Waals surface area (Å²) in [7, 11) is 1.64. The number of amides is 1. The quantitative estimate of drug-likeness (QED) is 0.195. The van der Waals surface area contributed by atoms with Gasteiger partial charge in [-0.2, -0.15) is 0 Å². The first-order valence-corrected chi connectivity index (χ1v) is 8.30. The number of aliphatic imine (C=N–C) groups is 1. The predicted octanol–water partition coefficient (Wildman–Crippen LogP) is 1.99. The molecular formula is C17H28FIN4O3. The molecule has 0 radical (unpaired) electrons. The Bertz CT molecular complexity index is 529. The van der Waals surface area contributed by atoms with E-state index in [1.807, 2.05) is 6.92 Å². The highest BCUT2D eigenvalue weighted by Crippen LogP contribution is 2.07. The SMILES string of the molecule is CCNC(=NCC(=O)Nc1ccc(F)cc1)NCCCOCCOC.I. The van der Waals surface area contributed by atoms with Gasteiger partial charge in [0.25, 0.3) is 0 Å². The molecule has 0 fully saturated rings. The lowest BCUT2D eigenvalue weighted by molar-refractivity contribution is -0.114. The fraction of sp³-hybridized carbons (Fsp3) is 0.529. The molecule has 148 valence electrons. The highest BCUT2D eigenvalue weighted by atomic mass is 127. The number of guanidine groups is 1. The third-order valence-electron chi connectivity index (χ3n) is 3.04. The van der Waals surface area contributed by atoms with Gasteiger partial charge in [0.1, 0.15) is 12.4 Å². The van der Waals surface area contributed by atoms with Crippen molar-refractivity contribution < 1.29 is 18.7 Å². The van der Waals surface area contributed by atoms with Crippen LogP contribution in [0.1, 0.15) is 13.3 Å². The summed E-state index contributed by atoms with van der Waals surface area (Å²) >= 11 is 0. The van der Waals surface area contributed by atoms with E-state index in [1.54, 1.807) is 7.11 Å². The molecule has 1 amide bonds. The van der Waals surface area contributed by atoms with Gasteiger partial charge in [-0.15, -0.1) is 24.0 Å². The maximum absolute atomic E-state index is 12.8. The van der Waals surface area contributed by atoms with Crippen LogP contribution in [0, 0.1) is 5.82 Å². The average molecular weight is 482 g/mol. The highest BCUT2D eigenvalue weighted by Gasteiger charge is 2.03. The van der Waals surface area contributed by atoms with Gasteiger partial charge in [-0.1, -0.05) is 0 Å². The van der Waals surface area contributed by atoms with E-state index in [0.717, 1.165) is 6.42 Å². The van der Waals surface area contributed by atoms with Crippen molar-refractivity contribution in [3.8, 4) is 0 Å². The van der Waals surface area contributed by atoms with Crippen molar-refractivity contribution in [2.45, 2.75) is 13.3 Å². The Labute approximate surface area is 171 Å². The largest absolute Gasteiger partial charge is 0.382 e. The van der Waals surface area contributed by atoms with E-state index >= 15 is 0 Å². The van der Waals surface area contributed by atoms with Gasteiger partial charge < -0.3 is 25.4 Å². The van der Waals surface area contributed by atoms with Gasteiger partial charge in [-0.25, -0.2) is 9.38 Å². The molecule has 1 rings (SSSR count). The standard InChI is InChI=1S/C17H27FN4O3.HI/c1-3-19-17(20-9-4-10-25-12-11-24-2)21-13-16(23)22-15-7-5-14(18)6-8-15;/h5-8H,3-4,9-13H2,1-2H3,(H,22,23)(H2,19,20,21);1H. The molecule has 0 spiro atoms. The lowest BCUT2D eigenvalue weighted by atomic mass is 10.3. The molecule has 3 N–H and O–H groups in total. The molecule has 0 saturated heterocycles. The summed E-state index contributed by atoms with van der Waals surface area (Å²) in [5, 5.41) is 8.87. The van der Waals surface area contributed by atoms with Crippen molar-refractivity contribution >= 4 is 41.5 Å². The maximum atomic E-state index is 12.8. The summed E-state index contributed by atoms with van der Waals surface area (Å²) < 4.78 is 23.1. The lowest BCUT2D eigenvalue weighted by Crippen LogP contribution is -2.38. The Kier molecular flexibility index (Phi) is 14.9. The third kappa shape index (κ3) is 12.0. The molecule has 0 aromatic heterocycles. The average Bonchev–Trinajstić information content (AvgIpc) is 2.60. The second-order valence-electron chi connectivity index (χ2n) is 5.14. The van der Waals surface area contributed by atoms with Crippen molar-refractivity contribution in [2.24, 2.45) is 4.99 Å². The van der Waals surface area contributed by atoms with E-state index in [2.05, 4.69) is 20.9 Å². The fourth-order valence-corrected chi connectivity index (χ4v) is 1.85. The number of ether oxygens (including phenoxy) is 2. The molecule has 0 heterocycles. The summed E-state index contributed by atoms with van der Waals surface area (Å²) in [6.45, 7) is 5.07. The van der Waals surface area contributed by atoms with Crippen LogP contribution in [0.5, 0.6) is 0 Å². The van der Waals surface area contributed by atoms with Gasteiger partial charge in [0.05, 0.1) is 13.2 Å². The fourth-order valence-electron chi connectivity index (χ4n) is 1.85. The summed E-state index contributed by atoms with van der Waals surface area (Å²) in [4.78, 5) is 16.1. The zero-order chi connectivity index (χ0) is 18.3. The number of benzene rings is 1. The molecule has 0 aliphatic heterocycles. The van der Waals surface area contributed by atoms with Crippen molar-refractivity contribution in [1.82, 2.24) is 10.6 Å². The molecule has 1 aromatic rings. The second kappa shape index (κ2) is 15.8. The molecule has 7 nitrogen and oxygen atoms in total. The maximum Gasteiger partial charge on any atom is 0.246 e. The summed E-state index contributed by atoms with van der Waals surface area (Å²) in [5.41, 5.74) is 0.535. The monoisotopic (exact) mass is 482 g/mol. The van der Waals surface area contributed by atoms with Crippen LogP contribution in [0.2, 0.25) is 0 Å². The van der Waals surface area contributed by atoms with Gasteiger partial charge in [0, 0.05) is 32.5 Å². The van der Waals surface area contributed by atoms with E-state index in [9.17, 15) is 9.18 Å². The van der Waals surface area contributed by atoms with Gasteiger partial charge in [-0.3, -0.25) is 4.79 Å². The van der Waals surface area contributed by atoms with Crippen LogP contribution >= 0.6 is 24.0 Å². The number of nitrogens with one attached hydrogen (secondary N) is 3. The molecule has 9 heteroatoms. The van der Waals surface area contributed by atoms with E-state index in [4.69, 9.17) is 9.47 Å².